The zero-order valence-electron chi connectivity index (χ0n) is 25.5. The largest absolute Gasteiger partial charge is 0.455 e. The Balaban J connectivity index is 1.17. The molecule has 0 N–H and O–H groups in total. The van der Waals surface area contributed by atoms with Gasteiger partial charge in [-0.15, -0.1) is 0 Å². The molecule has 2 aromatic heterocycles. The predicted octanol–water partition coefficient (Wildman–Crippen LogP) is 11.9. The second-order valence-corrected chi connectivity index (χ2v) is 11.8. The van der Waals surface area contributed by atoms with E-state index < -0.39 is 0 Å². The van der Waals surface area contributed by atoms with Gasteiger partial charge in [-0.1, -0.05) is 152 Å². The molecule has 0 fully saturated rings. The van der Waals surface area contributed by atoms with Crippen molar-refractivity contribution in [2.75, 3.05) is 0 Å². The number of para-hydroxylation sites is 1. The topological polar surface area (TPSA) is 38.9 Å². The van der Waals surface area contributed by atoms with E-state index in [1.807, 2.05) is 48.5 Å². The highest BCUT2D eigenvalue weighted by molar-refractivity contribution is 6.15. The standard InChI is InChI=1S/C44H28N2O/c1-3-12-32(13-4-1)39-28-40(33-14-5-2-6-15-33)46-44(45-39)38-19-10-20-41-42(38)37-18-9-17-36(43(37)47-41)31-24-21-30(22-25-31)35-26-23-29-11-7-8-16-34(29)27-35/h1-28H. The molecule has 7 aromatic carbocycles. The highest BCUT2D eigenvalue weighted by atomic mass is 16.3. The van der Waals surface area contributed by atoms with Gasteiger partial charge < -0.3 is 4.42 Å². The maximum absolute atomic E-state index is 6.64. The van der Waals surface area contributed by atoms with Crippen LogP contribution in [0.5, 0.6) is 0 Å². The summed E-state index contributed by atoms with van der Waals surface area (Å²) >= 11 is 0. The minimum atomic E-state index is 0.670. The van der Waals surface area contributed by atoms with Crippen LogP contribution < -0.4 is 0 Å². The number of hydrogen-bond donors (Lipinski definition) is 0. The summed E-state index contributed by atoms with van der Waals surface area (Å²) in [5.74, 6) is 0.670. The van der Waals surface area contributed by atoms with Gasteiger partial charge in [0.15, 0.2) is 5.82 Å². The molecule has 47 heavy (non-hydrogen) atoms. The van der Waals surface area contributed by atoms with Crippen molar-refractivity contribution in [2.45, 2.75) is 0 Å². The Labute approximate surface area is 272 Å². The highest BCUT2D eigenvalue weighted by Crippen LogP contribution is 2.41. The SMILES string of the molecule is c1ccc(-c2cc(-c3ccccc3)nc(-c3cccc4oc5c(-c6ccc(-c7ccc8ccccc8c7)cc6)cccc5c34)n2)cc1. The van der Waals surface area contributed by atoms with Crippen molar-refractivity contribution in [1.82, 2.24) is 9.97 Å². The van der Waals surface area contributed by atoms with E-state index in [1.165, 1.54) is 21.9 Å². The number of fused-ring (bicyclic) bond motifs is 4. The summed E-state index contributed by atoms with van der Waals surface area (Å²) in [4.78, 5) is 10.2. The van der Waals surface area contributed by atoms with Gasteiger partial charge in [-0.25, -0.2) is 9.97 Å². The molecule has 9 rings (SSSR count). The predicted molar refractivity (Wildman–Crippen MR) is 194 cm³/mol. The van der Waals surface area contributed by atoms with Gasteiger partial charge in [0, 0.05) is 33.0 Å². The summed E-state index contributed by atoms with van der Waals surface area (Å²) in [6.07, 6.45) is 0. The molecule has 220 valence electrons. The van der Waals surface area contributed by atoms with Crippen molar-refractivity contribution in [1.29, 1.82) is 0 Å². The van der Waals surface area contributed by atoms with Crippen molar-refractivity contribution < 1.29 is 4.42 Å². The Bertz CT molecular complexity index is 2490. The van der Waals surface area contributed by atoms with Gasteiger partial charge in [-0.05, 0) is 45.7 Å². The Morgan fingerprint density at radius 3 is 1.70 bits per heavy atom. The number of furan rings is 1. The smallest absolute Gasteiger partial charge is 0.161 e. The summed E-state index contributed by atoms with van der Waals surface area (Å²) in [5.41, 5.74) is 11.0. The molecule has 0 amide bonds. The highest BCUT2D eigenvalue weighted by Gasteiger charge is 2.19. The molecular weight excluding hydrogens is 572 g/mol. The second kappa shape index (κ2) is 11.2. The van der Waals surface area contributed by atoms with E-state index in [1.54, 1.807) is 0 Å². The van der Waals surface area contributed by atoms with Crippen molar-refractivity contribution in [3.05, 3.63) is 170 Å². The first-order valence-corrected chi connectivity index (χ1v) is 15.8. The number of nitrogens with zero attached hydrogens (tertiary/aromatic N) is 2. The van der Waals surface area contributed by atoms with Crippen molar-refractivity contribution in [2.24, 2.45) is 0 Å². The van der Waals surface area contributed by atoms with E-state index in [9.17, 15) is 0 Å². The summed E-state index contributed by atoms with van der Waals surface area (Å²) < 4.78 is 6.64. The molecule has 0 atom stereocenters. The first-order chi connectivity index (χ1) is 23.3. The number of rotatable bonds is 5. The molecule has 0 unspecified atom stereocenters. The Morgan fingerprint density at radius 1 is 0.383 bits per heavy atom. The minimum Gasteiger partial charge on any atom is -0.455 e. The fourth-order valence-corrected chi connectivity index (χ4v) is 6.55. The summed E-state index contributed by atoms with van der Waals surface area (Å²) in [5, 5.41) is 4.55. The van der Waals surface area contributed by atoms with Crippen molar-refractivity contribution in [3.63, 3.8) is 0 Å². The Kier molecular flexibility index (Phi) is 6.46. The van der Waals surface area contributed by atoms with Crippen LogP contribution in [-0.2, 0) is 0 Å². The quantitative estimate of drug-likeness (QED) is 0.197. The normalized spacial score (nSPS) is 11.4. The van der Waals surface area contributed by atoms with Gasteiger partial charge in [0.25, 0.3) is 0 Å². The minimum absolute atomic E-state index is 0.670. The van der Waals surface area contributed by atoms with Crippen LogP contribution in [0.2, 0.25) is 0 Å². The lowest BCUT2D eigenvalue weighted by Crippen LogP contribution is -1.96. The third-order valence-corrected chi connectivity index (χ3v) is 8.91. The van der Waals surface area contributed by atoms with E-state index in [-0.39, 0.29) is 0 Å². The summed E-state index contributed by atoms with van der Waals surface area (Å²) in [7, 11) is 0. The van der Waals surface area contributed by atoms with Crippen LogP contribution in [0.3, 0.4) is 0 Å². The van der Waals surface area contributed by atoms with Crippen LogP contribution in [0, 0.1) is 0 Å². The van der Waals surface area contributed by atoms with E-state index in [4.69, 9.17) is 14.4 Å². The first-order valence-electron chi connectivity index (χ1n) is 15.8. The average Bonchev–Trinajstić information content (AvgIpc) is 3.55. The summed E-state index contributed by atoms with van der Waals surface area (Å²) in [6.45, 7) is 0. The fourth-order valence-electron chi connectivity index (χ4n) is 6.55. The third kappa shape index (κ3) is 4.86. The van der Waals surface area contributed by atoms with Crippen LogP contribution in [0.25, 0.3) is 88.9 Å². The van der Waals surface area contributed by atoms with Gasteiger partial charge in [-0.3, -0.25) is 0 Å². The second-order valence-electron chi connectivity index (χ2n) is 11.8. The van der Waals surface area contributed by atoms with Crippen LogP contribution in [0.1, 0.15) is 0 Å². The zero-order valence-corrected chi connectivity index (χ0v) is 25.5. The molecule has 2 heterocycles. The van der Waals surface area contributed by atoms with Crippen LogP contribution in [0.15, 0.2) is 174 Å². The van der Waals surface area contributed by atoms with E-state index in [0.29, 0.717) is 5.82 Å². The molecular formula is C44H28N2O. The fraction of sp³-hybridized carbons (Fsp3) is 0. The van der Waals surface area contributed by atoms with Crippen LogP contribution >= 0.6 is 0 Å². The lowest BCUT2D eigenvalue weighted by atomic mass is 9.97. The monoisotopic (exact) mass is 600 g/mol. The molecule has 0 aliphatic heterocycles. The van der Waals surface area contributed by atoms with Gasteiger partial charge in [0.05, 0.1) is 11.4 Å². The molecule has 0 radical (unpaired) electrons. The molecule has 0 saturated heterocycles. The Hall–Kier alpha value is -6.32. The van der Waals surface area contributed by atoms with E-state index in [2.05, 4.69) is 121 Å². The van der Waals surface area contributed by atoms with E-state index >= 15 is 0 Å². The van der Waals surface area contributed by atoms with Gasteiger partial charge in [-0.2, -0.15) is 0 Å². The number of hydrogen-bond acceptors (Lipinski definition) is 3. The van der Waals surface area contributed by atoms with Gasteiger partial charge in [0.1, 0.15) is 11.2 Å². The molecule has 0 bridgehead atoms. The first kappa shape index (κ1) is 27.0. The summed E-state index contributed by atoms with van der Waals surface area (Å²) in [6, 6.07) is 59.0. The van der Waals surface area contributed by atoms with Gasteiger partial charge >= 0.3 is 0 Å². The maximum Gasteiger partial charge on any atom is 0.161 e. The van der Waals surface area contributed by atoms with Gasteiger partial charge in [0.2, 0.25) is 0 Å². The van der Waals surface area contributed by atoms with Crippen molar-refractivity contribution >= 4 is 32.7 Å². The third-order valence-electron chi connectivity index (χ3n) is 8.91. The maximum atomic E-state index is 6.64. The van der Waals surface area contributed by atoms with Crippen molar-refractivity contribution in [3.8, 4) is 56.2 Å². The average molecular weight is 601 g/mol. The molecule has 0 aliphatic carbocycles. The molecule has 0 aliphatic rings. The molecule has 3 heteroatoms. The molecule has 3 nitrogen and oxygen atoms in total. The lowest BCUT2D eigenvalue weighted by Gasteiger charge is -2.10. The lowest BCUT2D eigenvalue weighted by molar-refractivity contribution is 0.670. The van der Waals surface area contributed by atoms with Crippen LogP contribution in [0.4, 0.5) is 0 Å². The Morgan fingerprint density at radius 2 is 0.979 bits per heavy atom. The number of aromatic nitrogens is 2. The molecule has 9 aromatic rings. The number of benzene rings is 7. The zero-order chi connectivity index (χ0) is 31.2. The van der Waals surface area contributed by atoms with E-state index in [0.717, 1.165) is 61.1 Å². The molecule has 0 spiro atoms. The molecule has 0 saturated carbocycles. The van der Waals surface area contributed by atoms with Crippen LogP contribution in [-0.4, -0.2) is 9.97 Å².